The summed E-state index contributed by atoms with van der Waals surface area (Å²) in [6.45, 7) is 2.93. The number of carbonyl (C=O) groups excluding carboxylic acids is 1. The Morgan fingerprint density at radius 3 is 2.52 bits per heavy atom. The third-order valence-electron chi connectivity index (χ3n) is 3.87. The van der Waals surface area contributed by atoms with Gasteiger partial charge in [-0.05, 0) is 48.7 Å². The molecule has 0 spiro atoms. The number of alkyl halides is 3. The van der Waals surface area contributed by atoms with E-state index in [0.29, 0.717) is 13.0 Å². The van der Waals surface area contributed by atoms with Crippen molar-refractivity contribution in [3.8, 4) is 5.75 Å². The Morgan fingerprint density at radius 1 is 1.11 bits per heavy atom. The van der Waals surface area contributed by atoms with Crippen molar-refractivity contribution in [3.63, 3.8) is 0 Å². The number of halogens is 3. The number of hydrogen-bond donors (Lipinski definition) is 2. The van der Waals surface area contributed by atoms with E-state index in [4.69, 9.17) is 4.74 Å². The van der Waals surface area contributed by atoms with Crippen molar-refractivity contribution < 1.29 is 22.7 Å². The summed E-state index contributed by atoms with van der Waals surface area (Å²) in [6, 6.07) is 12.1. The normalized spacial score (nSPS) is 11.1. The molecule has 0 saturated heterocycles. The van der Waals surface area contributed by atoms with Crippen molar-refractivity contribution in [1.82, 2.24) is 0 Å². The first-order valence-corrected chi connectivity index (χ1v) is 8.70. The number of rotatable bonds is 8. The lowest BCUT2D eigenvalue weighted by Gasteiger charge is -2.15. The summed E-state index contributed by atoms with van der Waals surface area (Å²) >= 11 is 0. The van der Waals surface area contributed by atoms with Gasteiger partial charge in [0.05, 0.1) is 0 Å². The summed E-state index contributed by atoms with van der Waals surface area (Å²) in [5, 5.41) is 6.13. The van der Waals surface area contributed by atoms with Gasteiger partial charge in [0.1, 0.15) is 5.75 Å². The lowest BCUT2D eigenvalue weighted by Crippen LogP contribution is -2.19. The Morgan fingerprint density at radius 2 is 1.81 bits per heavy atom. The van der Waals surface area contributed by atoms with Gasteiger partial charge in [0.25, 0.3) is 0 Å². The Labute approximate surface area is 156 Å². The van der Waals surface area contributed by atoms with E-state index in [0.717, 1.165) is 28.9 Å². The van der Waals surface area contributed by atoms with Gasteiger partial charge in [0.2, 0.25) is 5.91 Å². The van der Waals surface area contributed by atoms with Crippen molar-refractivity contribution in [3.05, 3.63) is 53.6 Å². The van der Waals surface area contributed by atoms with E-state index in [1.54, 1.807) is 18.2 Å². The first kappa shape index (κ1) is 20.6. The average Bonchev–Trinajstić information content (AvgIpc) is 2.61. The van der Waals surface area contributed by atoms with E-state index in [2.05, 4.69) is 10.6 Å². The molecule has 0 radical (unpaired) electrons. The van der Waals surface area contributed by atoms with Gasteiger partial charge < -0.3 is 15.4 Å². The zero-order valence-corrected chi connectivity index (χ0v) is 15.3. The van der Waals surface area contributed by atoms with Crippen molar-refractivity contribution in [1.29, 1.82) is 0 Å². The van der Waals surface area contributed by atoms with Gasteiger partial charge in [-0.1, -0.05) is 25.1 Å². The fourth-order valence-electron chi connectivity index (χ4n) is 2.51. The van der Waals surface area contributed by atoms with E-state index in [-0.39, 0.29) is 11.7 Å². The third-order valence-corrected chi connectivity index (χ3v) is 3.87. The topological polar surface area (TPSA) is 50.4 Å². The number of anilines is 2. The molecule has 0 unspecified atom stereocenters. The maximum atomic E-state index is 12.3. The molecule has 0 atom stereocenters. The van der Waals surface area contributed by atoms with Crippen LogP contribution in [0.4, 0.5) is 24.5 Å². The zero-order valence-electron chi connectivity index (χ0n) is 15.3. The fourth-order valence-corrected chi connectivity index (χ4v) is 2.51. The van der Waals surface area contributed by atoms with Crippen LogP contribution in [0.5, 0.6) is 5.75 Å². The Kier molecular flexibility index (Phi) is 7.10. The van der Waals surface area contributed by atoms with Crippen LogP contribution in [0, 0.1) is 6.92 Å². The minimum Gasteiger partial charge on any atom is -0.484 e. The molecule has 0 aromatic heterocycles. The van der Waals surface area contributed by atoms with Crippen molar-refractivity contribution in [2.24, 2.45) is 0 Å². The summed E-state index contributed by atoms with van der Waals surface area (Å²) in [6.07, 6.45) is -3.13. The molecule has 7 heteroatoms. The molecule has 2 aromatic rings. The van der Waals surface area contributed by atoms with E-state index in [9.17, 15) is 18.0 Å². The molecule has 2 rings (SSSR count). The highest BCUT2D eigenvalue weighted by Gasteiger charge is 2.28. The quantitative estimate of drug-likeness (QED) is 0.654. The molecule has 4 nitrogen and oxygen atoms in total. The predicted molar refractivity (Wildman–Crippen MR) is 100 cm³/mol. The number of amides is 1. The highest BCUT2D eigenvalue weighted by Crippen LogP contribution is 2.25. The van der Waals surface area contributed by atoms with Crippen LogP contribution < -0.4 is 15.4 Å². The van der Waals surface area contributed by atoms with Crippen LogP contribution in [0.15, 0.2) is 42.5 Å². The SMILES string of the molecule is CCCC(=O)Nc1cccc(NCc2cccc(OCC(F)(F)F)c2)c1C. The smallest absolute Gasteiger partial charge is 0.422 e. The molecule has 27 heavy (non-hydrogen) atoms. The zero-order chi connectivity index (χ0) is 19.9. The molecule has 0 aliphatic rings. The standard InChI is InChI=1S/C20H23F3N2O2/c1-3-6-19(26)25-18-10-5-9-17(14(18)2)24-12-15-7-4-8-16(11-15)27-13-20(21,22)23/h4-5,7-11,24H,3,6,12-13H2,1-2H3,(H,25,26). The highest BCUT2D eigenvalue weighted by atomic mass is 19.4. The molecule has 0 fully saturated rings. The summed E-state index contributed by atoms with van der Waals surface area (Å²) in [5.74, 6) is 0.135. The Bertz CT molecular complexity index is 776. The third kappa shape index (κ3) is 6.84. The molecule has 0 aliphatic heterocycles. The number of benzene rings is 2. The van der Waals surface area contributed by atoms with E-state index >= 15 is 0 Å². The van der Waals surface area contributed by atoms with Gasteiger partial charge in [-0.15, -0.1) is 0 Å². The lowest BCUT2D eigenvalue weighted by atomic mass is 10.1. The van der Waals surface area contributed by atoms with Gasteiger partial charge in [-0.25, -0.2) is 0 Å². The second-order valence-corrected chi connectivity index (χ2v) is 6.18. The summed E-state index contributed by atoms with van der Waals surface area (Å²) in [4.78, 5) is 11.8. The van der Waals surface area contributed by atoms with Crippen LogP contribution in [0.3, 0.4) is 0 Å². The van der Waals surface area contributed by atoms with Crippen LogP contribution in [-0.4, -0.2) is 18.7 Å². The molecule has 1 amide bonds. The highest BCUT2D eigenvalue weighted by molar-refractivity contribution is 5.92. The second kappa shape index (κ2) is 9.30. The first-order valence-electron chi connectivity index (χ1n) is 8.70. The van der Waals surface area contributed by atoms with Gasteiger partial charge >= 0.3 is 6.18 Å². The molecular weight excluding hydrogens is 357 g/mol. The van der Waals surface area contributed by atoms with Crippen molar-refractivity contribution in [2.45, 2.75) is 39.4 Å². The maximum absolute atomic E-state index is 12.3. The molecule has 146 valence electrons. The molecule has 0 bridgehead atoms. The van der Waals surface area contributed by atoms with Gasteiger partial charge in [0.15, 0.2) is 6.61 Å². The monoisotopic (exact) mass is 380 g/mol. The molecular formula is C20H23F3N2O2. The van der Waals surface area contributed by atoms with Crippen LogP contribution in [0.2, 0.25) is 0 Å². The fraction of sp³-hybridized carbons (Fsp3) is 0.350. The Hall–Kier alpha value is -2.70. The molecule has 2 N–H and O–H groups in total. The van der Waals surface area contributed by atoms with Crippen LogP contribution in [-0.2, 0) is 11.3 Å². The summed E-state index contributed by atoms with van der Waals surface area (Å²) in [5.41, 5.74) is 3.26. The van der Waals surface area contributed by atoms with Crippen LogP contribution in [0.25, 0.3) is 0 Å². The minimum atomic E-state index is -4.37. The lowest BCUT2D eigenvalue weighted by molar-refractivity contribution is -0.153. The summed E-state index contributed by atoms with van der Waals surface area (Å²) < 4.78 is 41.6. The van der Waals surface area contributed by atoms with Gasteiger partial charge in [-0.2, -0.15) is 13.2 Å². The average molecular weight is 380 g/mol. The first-order chi connectivity index (χ1) is 12.8. The van der Waals surface area contributed by atoms with Crippen LogP contribution in [0.1, 0.15) is 30.9 Å². The molecule has 0 heterocycles. The molecule has 2 aromatic carbocycles. The molecule has 0 saturated carbocycles. The second-order valence-electron chi connectivity index (χ2n) is 6.18. The van der Waals surface area contributed by atoms with E-state index in [1.165, 1.54) is 6.07 Å². The number of nitrogens with one attached hydrogen (secondary N) is 2. The van der Waals surface area contributed by atoms with Crippen molar-refractivity contribution >= 4 is 17.3 Å². The van der Waals surface area contributed by atoms with Crippen LogP contribution >= 0.6 is 0 Å². The number of carbonyl (C=O) groups is 1. The van der Waals surface area contributed by atoms with Gasteiger partial charge in [0, 0.05) is 24.3 Å². The molecule has 0 aliphatic carbocycles. The number of hydrogen-bond acceptors (Lipinski definition) is 3. The van der Waals surface area contributed by atoms with Crippen molar-refractivity contribution in [2.75, 3.05) is 17.2 Å². The van der Waals surface area contributed by atoms with E-state index < -0.39 is 12.8 Å². The Balaban J connectivity index is 2.01. The van der Waals surface area contributed by atoms with Gasteiger partial charge in [-0.3, -0.25) is 4.79 Å². The predicted octanol–water partition coefficient (Wildman–Crippen LogP) is 5.29. The van der Waals surface area contributed by atoms with E-state index in [1.807, 2.05) is 32.0 Å². The maximum Gasteiger partial charge on any atom is 0.422 e. The number of ether oxygens (including phenoxy) is 1. The minimum absolute atomic E-state index is 0.0349. The largest absolute Gasteiger partial charge is 0.484 e. The summed E-state index contributed by atoms with van der Waals surface area (Å²) in [7, 11) is 0.